The van der Waals surface area contributed by atoms with Gasteiger partial charge in [0.25, 0.3) is 0 Å². The molecule has 0 spiro atoms. The van der Waals surface area contributed by atoms with Gasteiger partial charge in [-0.3, -0.25) is 4.79 Å². The van der Waals surface area contributed by atoms with Gasteiger partial charge in [0.15, 0.2) is 0 Å². The minimum Gasteiger partial charge on any atom is -0.299 e. The van der Waals surface area contributed by atoms with E-state index in [0.29, 0.717) is 16.3 Å². The lowest BCUT2D eigenvalue weighted by Gasteiger charge is -2.26. The maximum absolute atomic E-state index is 11.9. The van der Waals surface area contributed by atoms with Crippen LogP contribution in [0.4, 0.5) is 0 Å². The summed E-state index contributed by atoms with van der Waals surface area (Å²) < 4.78 is 0. The minimum absolute atomic E-state index is 0.196. The third kappa shape index (κ3) is 4.39. The molecular weight excluding hydrogens is 224 g/mol. The fourth-order valence-electron chi connectivity index (χ4n) is 1.85. The normalized spacial score (nSPS) is 33.5. The lowest BCUT2D eigenvalue weighted by molar-refractivity contribution is -0.124. The van der Waals surface area contributed by atoms with Crippen molar-refractivity contribution in [2.75, 3.05) is 11.5 Å². The second-order valence-electron chi connectivity index (χ2n) is 4.78. The Labute approximate surface area is 102 Å². The van der Waals surface area contributed by atoms with Crippen molar-refractivity contribution in [1.82, 2.24) is 0 Å². The van der Waals surface area contributed by atoms with Gasteiger partial charge in [0.2, 0.25) is 0 Å². The molecule has 0 aromatic carbocycles. The van der Waals surface area contributed by atoms with Gasteiger partial charge < -0.3 is 0 Å². The fraction of sp³-hybridized carbons (Fsp3) is 0.917. The van der Waals surface area contributed by atoms with Gasteiger partial charge in [-0.25, -0.2) is 0 Å². The molecule has 1 nitrogen and oxygen atoms in total. The lowest BCUT2D eigenvalue weighted by Crippen LogP contribution is -2.27. The van der Waals surface area contributed by atoms with Gasteiger partial charge in [0, 0.05) is 33.8 Å². The predicted molar refractivity (Wildman–Crippen MR) is 71.8 cm³/mol. The summed E-state index contributed by atoms with van der Waals surface area (Å²) in [6, 6.07) is 0. The molecule has 1 saturated heterocycles. The van der Waals surface area contributed by atoms with Crippen LogP contribution in [0.25, 0.3) is 0 Å². The highest BCUT2D eigenvalue weighted by atomic mass is 32.2. The second kappa shape index (κ2) is 6.19. The van der Waals surface area contributed by atoms with Crippen LogP contribution >= 0.6 is 23.5 Å². The fourth-order valence-corrected chi connectivity index (χ4v) is 4.65. The molecule has 15 heavy (non-hydrogen) atoms. The molecule has 2 unspecified atom stereocenters. The average Bonchev–Trinajstić information content (AvgIpc) is 2.14. The van der Waals surface area contributed by atoms with Crippen LogP contribution in [0.3, 0.4) is 0 Å². The zero-order valence-electron chi connectivity index (χ0n) is 10.2. The zero-order valence-corrected chi connectivity index (χ0v) is 11.8. The van der Waals surface area contributed by atoms with Gasteiger partial charge in [-0.15, -0.1) is 0 Å². The van der Waals surface area contributed by atoms with Crippen molar-refractivity contribution in [3.63, 3.8) is 0 Å². The first-order valence-electron chi connectivity index (χ1n) is 5.77. The van der Waals surface area contributed by atoms with Crippen LogP contribution in [-0.4, -0.2) is 27.8 Å². The molecule has 88 valence electrons. The largest absolute Gasteiger partial charge is 0.299 e. The molecule has 0 saturated carbocycles. The molecule has 2 atom stereocenters. The van der Waals surface area contributed by atoms with E-state index in [4.69, 9.17) is 0 Å². The van der Waals surface area contributed by atoms with Crippen LogP contribution in [0.2, 0.25) is 0 Å². The number of carbonyl (C=O) groups is 1. The Morgan fingerprint density at radius 1 is 1.13 bits per heavy atom. The first-order chi connectivity index (χ1) is 7.00. The van der Waals surface area contributed by atoms with E-state index in [1.165, 1.54) is 6.42 Å². The van der Waals surface area contributed by atoms with Gasteiger partial charge in [0.05, 0.1) is 0 Å². The molecule has 0 radical (unpaired) electrons. The number of Topliss-reactive ketones (excluding diaryl/α,β-unsaturated/α-hetero) is 1. The van der Waals surface area contributed by atoms with Crippen LogP contribution in [0.5, 0.6) is 0 Å². The summed E-state index contributed by atoms with van der Waals surface area (Å²) in [5, 5.41) is 1.41. The zero-order chi connectivity index (χ0) is 11.4. The molecule has 3 heteroatoms. The Morgan fingerprint density at radius 3 is 2.00 bits per heavy atom. The Hall–Kier alpha value is 0.370. The quantitative estimate of drug-likeness (QED) is 0.742. The highest BCUT2D eigenvalue weighted by molar-refractivity contribution is 8.01. The number of carbonyl (C=O) groups excluding carboxylic acids is 1. The molecule has 0 bridgehead atoms. The van der Waals surface area contributed by atoms with Gasteiger partial charge in [-0.1, -0.05) is 27.7 Å². The van der Waals surface area contributed by atoms with Crippen LogP contribution in [0.15, 0.2) is 0 Å². The smallest absolute Gasteiger partial charge is 0.140 e. The van der Waals surface area contributed by atoms with Gasteiger partial charge in [-0.2, -0.15) is 23.5 Å². The summed E-state index contributed by atoms with van der Waals surface area (Å²) in [5.74, 6) is 2.98. The summed E-state index contributed by atoms with van der Waals surface area (Å²) >= 11 is 3.95. The molecular formula is C12H22OS2. The summed E-state index contributed by atoms with van der Waals surface area (Å²) in [6.07, 6.45) is 1.28. The first-order valence-corrected chi connectivity index (χ1v) is 7.87. The molecule has 1 fully saturated rings. The highest BCUT2D eigenvalue weighted by Gasteiger charge is 2.25. The average molecular weight is 246 g/mol. The van der Waals surface area contributed by atoms with Crippen molar-refractivity contribution in [1.29, 1.82) is 0 Å². The number of thioether (sulfide) groups is 2. The number of hydrogen-bond acceptors (Lipinski definition) is 3. The first kappa shape index (κ1) is 13.4. The van der Waals surface area contributed by atoms with Gasteiger partial charge >= 0.3 is 0 Å². The van der Waals surface area contributed by atoms with Crippen molar-refractivity contribution in [3.8, 4) is 0 Å². The molecule has 0 aromatic heterocycles. The highest BCUT2D eigenvalue weighted by Crippen LogP contribution is 2.31. The predicted octanol–water partition coefficient (Wildman–Crippen LogP) is 3.47. The molecule has 0 aliphatic carbocycles. The van der Waals surface area contributed by atoms with E-state index in [2.05, 4.69) is 13.8 Å². The van der Waals surface area contributed by atoms with Gasteiger partial charge in [-0.05, 0) is 6.42 Å². The lowest BCUT2D eigenvalue weighted by atomic mass is 9.98. The third-order valence-corrected chi connectivity index (χ3v) is 5.51. The Bertz CT molecular complexity index is 204. The standard InChI is InChI=1S/C12H22OS2/c1-8(2)12(13)11-6-14-9(3)5-10(4)15-7-11/h8-11H,5-7H2,1-4H3. The minimum atomic E-state index is 0.196. The van der Waals surface area contributed by atoms with E-state index in [0.717, 1.165) is 11.5 Å². The Morgan fingerprint density at radius 2 is 1.60 bits per heavy atom. The van der Waals surface area contributed by atoms with E-state index >= 15 is 0 Å². The summed E-state index contributed by atoms with van der Waals surface area (Å²) in [4.78, 5) is 11.9. The van der Waals surface area contributed by atoms with Crippen molar-refractivity contribution in [2.24, 2.45) is 11.8 Å². The van der Waals surface area contributed by atoms with E-state index in [1.54, 1.807) is 0 Å². The molecule has 1 rings (SSSR count). The maximum Gasteiger partial charge on any atom is 0.140 e. The number of hydrogen-bond donors (Lipinski definition) is 0. The van der Waals surface area contributed by atoms with Crippen molar-refractivity contribution in [2.45, 2.75) is 44.6 Å². The van der Waals surface area contributed by atoms with Crippen LogP contribution in [0, 0.1) is 11.8 Å². The van der Waals surface area contributed by atoms with Crippen molar-refractivity contribution in [3.05, 3.63) is 0 Å². The maximum atomic E-state index is 11.9. The van der Waals surface area contributed by atoms with E-state index in [1.807, 2.05) is 37.4 Å². The molecule has 0 N–H and O–H groups in total. The summed E-state index contributed by atoms with van der Waals surface area (Å²) in [5.41, 5.74) is 0. The number of ketones is 1. The Kier molecular flexibility index (Phi) is 5.54. The SMILES string of the molecule is CC1CC(C)SCC(C(=O)C(C)C)CS1. The molecule has 0 aromatic rings. The molecule has 0 amide bonds. The van der Waals surface area contributed by atoms with Crippen LogP contribution in [0.1, 0.15) is 34.1 Å². The van der Waals surface area contributed by atoms with Crippen LogP contribution in [-0.2, 0) is 4.79 Å². The van der Waals surface area contributed by atoms with E-state index in [-0.39, 0.29) is 11.8 Å². The van der Waals surface area contributed by atoms with E-state index < -0.39 is 0 Å². The molecule has 1 aliphatic rings. The Balaban J connectivity index is 2.54. The molecule has 1 aliphatic heterocycles. The topological polar surface area (TPSA) is 17.1 Å². The van der Waals surface area contributed by atoms with Crippen molar-refractivity contribution < 1.29 is 4.79 Å². The summed E-state index contributed by atoms with van der Waals surface area (Å²) in [7, 11) is 0. The van der Waals surface area contributed by atoms with E-state index in [9.17, 15) is 4.79 Å². The second-order valence-corrected chi connectivity index (χ2v) is 7.72. The van der Waals surface area contributed by atoms with Crippen LogP contribution < -0.4 is 0 Å². The van der Waals surface area contributed by atoms with Gasteiger partial charge in [0.1, 0.15) is 5.78 Å². The molecule has 1 heterocycles. The summed E-state index contributed by atoms with van der Waals surface area (Å²) in [6.45, 7) is 8.60. The third-order valence-electron chi connectivity index (χ3n) is 2.80. The van der Waals surface area contributed by atoms with Crippen molar-refractivity contribution >= 4 is 29.3 Å². The number of rotatable bonds is 2. The monoisotopic (exact) mass is 246 g/mol.